The zero-order valence-corrected chi connectivity index (χ0v) is 14.6. The third kappa shape index (κ3) is 5.00. The number of amides is 1. The molecule has 0 saturated heterocycles. The smallest absolute Gasteiger partial charge is 0.226 e. The predicted molar refractivity (Wildman–Crippen MR) is 98.5 cm³/mol. The number of rotatable bonds is 6. The first-order valence-electron chi connectivity index (χ1n) is 7.86. The van der Waals surface area contributed by atoms with Crippen LogP contribution in [-0.4, -0.2) is 12.5 Å². The number of benzene rings is 2. The summed E-state index contributed by atoms with van der Waals surface area (Å²) in [5, 5.41) is 6.88. The van der Waals surface area contributed by atoms with Crippen molar-refractivity contribution in [3.8, 4) is 0 Å². The second kappa shape index (κ2) is 8.02. The van der Waals surface area contributed by atoms with E-state index < -0.39 is 0 Å². The lowest BCUT2D eigenvalue weighted by Gasteiger charge is -2.14. The van der Waals surface area contributed by atoms with Gasteiger partial charge in [0.2, 0.25) is 5.91 Å². The molecule has 2 aromatic carbocycles. The Kier molecular flexibility index (Phi) is 6.05. The Morgan fingerprint density at radius 2 is 1.87 bits per heavy atom. The molecule has 0 saturated carbocycles. The highest BCUT2D eigenvalue weighted by molar-refractivity contribution is 6.31. The Morgan fingerprint density at radius 3 is 2.61 bits per heavy atom. The normalized spacial score (nSPS) is 10.7. The zero-order valence-electron chi connectivity index (χ0n) is 13.8. The second-order valence-electron chi connectivity index (χ2n) is 5.93. The molecule has 0 heterocycles. The maximum absolute atomic E-state index is 12.1. The Labute approximate surface area is 143 Å². The summed E-state index contributed by atoms with van der Waals surface area (Å²) >= 11 is 5.97. The minimum atomic E-state index is -0.0232. The minimum Gasteiger partial charge on any atom is -0.384 e. The van der Waals surface area contributed by atoms with Gasteiger partial charge in [-0.1, -0.05) is 49.7 Å². The van der Waals surface area contributed by atoms with Gasteiger partial charge in [-0.15, -0.1) is 0 Å². The molecule has 122 valence electrons. The van der Waals surface area contributed by atoms with Crippen molar-refractivity contribution in [3.63, 3.8) is 0 Å². The fraction of sp³-hybridized carbons (Fsp3) is 0.316. The Bertz CT molecular complexity index is 683. The standard InChI is InChI=1S/C19H23ClN2O/c1-13(2)16-6-4-5-7-17(16)21-11-10-19(23)22-18-12-15(20)9-8-14(18)3/h4-9,12-13,21H,10-11H2,1-3H3,(H,22,23). The number of hydrogen-bond donors (Lipinski definition) is 2. The predicted octanol–water partition coefficient (Wildman–Crippen LogP) is 5.21. The number of carbonyl (C=O) groups excluding carboxylic acids is 1. The molecule has 23 heavy (non-hydrogen) atoms. The number of carbonyl (C=O) groups is 1. The molecule has 2 N–H and O–H groups in total. The third-order valence-electron chi connectivity index (χ3n) is 3.72. The van der Waals surface area contributed by atoms with E-state index in [4.69, 9.17) is 11.6 Å². The van der Waals surface area contributed by atoms with E-state index in [1.807, 2.05) is 37.3 Å². The molecule has 0 fully saturated rings. The summed E-state index contributed by atoms with van der Waals surface area (Å²) in [6.45, 7) is 6.86. The van der Waals surface area contributed by atoms with E-state index in [-0.39, 0.29) is 5.91 Å². The van der Waals surface area contributed by atoms with Crippen molar-refractivity contribution in [2.24, 2.45) is 0 Å². The number of para-hydroxylation sites is 1. The summed E-state index contributed by atoms with van der Waals surface area (Å²) in [7, 11) is 0. The summed E-state index contributed by atoms with van der Waals surface area (Å²) in [5.41, 5.74) is 4.12. The Morgan fingerprint density at radius 1 is 1.13 bits per heavy atom. The molecule has 0 atom stereocenters. The number of anilines is 2. The van der Waals surface area contributed by atoms with E-state index in [0.29, 0.717) is 23.9 Å². The van der Waals surface area contributed by atoms with Crippen LogP contribution in [0.5, 0.6) is 0 Å². The average molecular weight is 331 g/mol. The van der Waals surface area contributed by atoms with Crippen LogP contribution in [0.15, 0.2) is 42.5 Å². The molecule has 0 aromatic heterocycles. The van der Waals surface area contributed by atoms with Gasteiger partial charge in [-0.05, 0) is 42.2 Å². The van der Waals surface area contributed by atoms with Crippen LogP contribution in [0.3, 0.4) is 0 Å². The van der Waals surface area contributed by atoms with E-state index in [9.17, 15) is 4.79 Å². The molecule has 0 aliphatic heterocycles. The summed E-state index contributed by atoms with van der Waals surface area (Å²) in [5.74, 6) is 0.423. The molecule has 0 bridgehead atoms. The maximum atomic E-state index is 12.1. The molecular formula is C19H23ClN2O. The Hall–Kier alpha value is -2.00. The van der Waals surface area contributed by atoms with Crippen molar-refractivity contribution in [2.45, 2.75) is 33.1 Å². The van der Waals surface area contributed by atoms with Gasteiger partial charge in [-0.3, -0.25) is 4.79 Å². The van der Waals surface area contributed by atoms with Crippen LogP contribution >= 0.6 is 11.6 Å². The van der Waals surface area contributed by atoms with Gasteiger partial charge in [0.25, 0.3) is 0 Å². The average Bonchev–Trinajstić information content (AvgIpc) is 2.51. The lowest BCUT2D eigenvalue weighted by molar-refractivity contribution is -0.115. The second-order valence-corrected chi connectivity index (χ2v) is 6.36. The molecule has 4 heteroatoms. The monoisotopic (exact) mass is 330 g/mol. The lowest BCUT2D eigenvalue weighted by atomic mass is 10.0. The van der Waals surface area contributed by atoms with Gasteiger partial charge < -0.3 is 10.6 Å². The highest BCUT2D eigenvalue weighted by Gasteiger charge is 2.08. The Balaban J connectivity index is 1.89. The molecule has 1 amide bonds. The number of hydrogen-bond acceptors (Lipinski definition) is 2. The first-order chi connectivity index (χ1) is 11.0. The SMILES string of the molecule is Cc1ccc(Cl)cc1NC(=O)CCNc1ccccc1C(C)C. The highest BCUT2D eigenvalue weighted by Crippen LogP contribution is 2.24. The molecule has 0 aliphatic carbocycles. The van der Waals surface area contributed by atoms with Crippen LogP contribution < -0.4 is 10.6 Å². The van der Waals surface area contributed by atoms with Gasteiger partial charge in [0, 0.05) is 29.4 Å². The first-order valence-corrected chi connectivity index (χ1v) is 8.24. The summed E-state index contributed by atoms with van der Waals surface area (Å²) in [4.78, 5) is 12.1. The summed E-state index contributed by atoms with van der Waals surface area (Å²) < 4.78 is 0. The van der Waals surface area contributed by atoms with E-state index in [1.54, 1.807) is 6.07 Å². The van der Waals surface area contributed by atoms with E-state index in [1.165, 1.54) is 5.56 Å². The van der Waals surface area contributed by atoms with E-state index in [0.717, 1.165) is 16.9 Å². The van der Waals surface area contributed by atoms with E-state index >= 15 is 0 Å². The van der Waals surface area contributed by atoms with Crippen molar-refractivity contribution in [2.75, 3.05) is 17.2 Å². The van der Waals surface area contributed by atoms with Crippen molar-refractivity contribution >= 4 is 28.9 Å². The summed E-state index contributed by atoms with van der Waals surface area (Å²) in [6.07, 6.45) is 0.401. The number of aryl methyl sites for hydroxylation is 1. The van der Waals surface area contributed by atoms with Gasteiger partial charge in [-0.2, -0.15) is 0 Å². The van der Waals surface area contributed by atoms with Crippen LogP contribution in [-0.2, 0) is 4.79 Å². The maximum Gasteiger partial charge on any atom is 0.226 e. The minimum absolute atomic E-state index is 0.0232. The van der Waals surface area contributed by atoms with Crippen LogP contribution in [0.1, 0.15) is 37.3 Å². The zero-order chi connectivity index (χ0) is 16.8. The van der Waals surface area contributed by atoms with Crippen LogP contribution in [0, 0.1) is 6.92 Å². The van der Waals surface area contributed by atoms with Crippen LogP contribution in [0.25, 0.3) is 0 Å². The lowest BCUT2D eigenvalue weighted by Crippen LogP contribution is -2.17. The van der Waals surface area contributed by atoms with Gasteiger partial charge in [0.1, 0.15) is 0 Å². The quantitative estimate of drug-likeness (QED) is 0.763. The van der Waals surface area contributed by atoms with Gasteiger partial charge in [-0.25, -0.2) is 0 Å². The van der Waals surface area contributed by atoms with Crippen molar-refractivity contribution in [1.29, 1.82) is 0 Å². The largest absolute Gasteiger partial charge is 0.384 e. The molecule has 2 rings (SSSR count). The fourth-order valence-corrected chi connectivity index (χ4v) is 2.59. The highest BCUT2D eigenvalue weighted by atomic mass is 35.5. The molecule has 3 nitrogen and oxygen atoms in total. The third-order valence-corrected chi connectivity index (χ3v) is 3.96. The molecule has 0 radical (unpaired) electrons. The number of halogens is 1. The fourth-order valence-electron chi connectivity index (χ4n) is 2.41. The topological polar surface area (TPSA) is 41.1 Å². The van der Waals surface area contributed by atoms with Gasteiger partial charge in [0.05, 0.1) is 0 Å². The van der Waals surface area contributed by atoms with Crippen molar-refractivity contribution in [3.05, 3.63) is 58.6 Å². The van der Waals surface area contributed by atoms with Crippen LogP contribution in [0.4, 0.5) is 11.4 Å². The molecule has 0 unspecified atom stereocenters. The number of nitrogens with one attached hydrogen (secondary N) is 2. The van der Waals surface area contributed by atoms with Crippen molar-refractivity contribution in [1.82, 2.24) is 0 Å². The first kappa shape index (κ1) is 17.4. The summed E-state index contributed by atoms with van der Waals surface area (Å²) in [6, 6.07) is 13.7. The molecule has 0 spiro atoms. The molecular weight excluding hydrogens is 308 g/mol. The van der Waals surface area contributed by atoms with Crippen LogP contribution in [0.2, 0.25) is 5.02 Å². The van der Waals surface area contributed by atoms with Gasteiger partial charge >= 0.3 is 0 Å². The van der Waals surface area contributed by atoms with E-state index in [2.05, 4.69) is 30.5 Å². The molecule has 2 aromatic rings. The molecule has 0 aliphatic rings. The van der Waals surface area contributed by atoms with Crippen molar-refractivity contribution < 1.29 is 4.79 Å². The van der Waals surface area contributed by atoms with Gasteiger partial charge in [0.15, 0.2) is 0 Å².